The second kappa shape index (κ2) is 6.91. The molecule has 1 N–H and O–H groups in total. The second-order valence-electron chi connectivity index (χ2n) is 5.37. The summed E-state index contributed by atoms with van der Waals surface area (Å²) in [5, 5.41) is 3.00. The van der Waals surface area contributed by atoms with Crippen LogP contribution in [0, 0.1) is 0 Å². The van der Waals surface area contributed by atoms with E-state index >= 15 is 0 Å². The van der Waals surface area contributed by atoms with Gasteiger partial charge in [0.2, 0.25) is 0 Å². The zero-order valence-electron chi connectivity index (χ0n) is 12.8. The number of rotatable bonds is 6. The van der Waals surface area contributed by atoms with Crippen molar-refractivity contribution < 1.29 is 9.21 Å². The van der Waals surface area contributed by atoms with E-state index in [0.717, 1.165) is 18.6 Å². The molecule has 0 aliphatic heterocycles. The van der Waals surface area contributed by atoms with Crippen LogP contribution in [0.5, 0.6) is 0 Å². The van der Waals surface area contributed by atoms with Gasteiger partial charge in [0, 0.05) is 36.6 Å². The predicted molar refractivity (Wildman–Crippen MR) is 85.3 cm³/mol. The van der Waals surface area contributed by atoms with E-state index in [0.29, 0.717) is 11.4 Å². The van der Waals surface area contributed by atoms with Crippen molar-refractivity contribution >= 4 is 5.91 Å². The van der Waals surface area contributed by atoms with Gasteiger partial charge in [-0.3, -0.25) is 9.36 Å². The molecule has 0 saturated carbocycles. The SMILES string of the molecule is C[C@H](CCc1ccco1)NC(=O)c1ccnc(-n2ccnc2)c1. The normalized spacial score (nSPS) is 12.0. The van der Waals surface area contributed by atoms with Crippen molar-refractivity contribution in [3.8, 4) is 5.82 Å². The van der Waals surface area contributed by atoms with Crippen LogP contribution in [-0.2, 0) is 6.42 Å². The minimum absolute atomic E-state index is 0.0532. The zero-order valence-corrected chi connectivity index (χ0v) is 12.8. The molecule has 0 fully saturated rings. The van der Waals surface area contributed by atoms with Crippen molar-refractivity contribution in [1.82, 2.24) is 19.9 Å². The van der Waals surface area contributed by atoms with E-state index in [1.807, 2.05) is 19.1 Å². The quantitative estimate of drug-likeness (QED) is 0.759. The van der Waals surface area contributed by atoms with Crippen LogP contribution in [-0.4, -0.2) is 26.5 Å². The molecule has 3 rings (SSSR count). The molecular weight excluding hydrogens is 292 g/mol. The number of carbonyl (C=O) groups excluding carboxylic acids is 1. The van der Waals surface area contributed by atoms with Gasteiger partial charge in [-0.05, 0) is 37.6 Å². The Hall–Kier alpha value is -2.89. The average molecular weight is 310 g/mol. The Morgan fingerprint density at radius 1 is 1.39 bits per heavy atom. The first-order chi connectivity index (χ1) is 11.2. The van der Waals surface area contributed by atoms with Gasteiger partial charge in [0.05, 0.1) is 6.26 Å². The number of aryl methyl sites for hydroxylation is 1. The fourth-order valence-corrected chi connectivity index (χ4v) is 2.29. The van der Waals surface area contributed by atoms with Crippen LogP contribution < -0.4 is 5.32 Å². The van der Waals surface area contributed by atoms with Crippen LogP contribution >= 0.6 is 0 Å². The number of hydrogen-bond donors (Lipinski definition) is 1. The number of nitrogens with zero attached hydrogens (tertiary/aromatic N) is 3. The minimum Gasteiger partial charge on any atom is -0.469 e. The Morgan fingerprint density at radius 2 is 2.30 bits per heavy atom. The smallest absolute Gasteiger partial charge is 0.251 e. The summed E-state index contributed by atoms with van der Waals surface area (Å²) in [5.41, 5.74) is 0.577. The molecule has 0 spiro atoms. The molecule has 3 aromatic heterocycles. The van der Waals surface area contributed by atoms with Gasteiger partial charge in [0.15, 0.2) is 0 Å². The molecule has 0 unspecified atom stereocenters. The summed E-state index contributed by atoms with van der Waals surface area (Å²) < 4.78 is 7.06. The largest absolute Gasteiger partial charge is 0.469 e. The third-order valence-corrected chi connectivity index (χ3v) is 3.56. The maximum absolute atomic E-state index is 12.4. The maximum atomic E-state index is 12.4. The van der Waals surface area contributed by atoms with E-state index in [9.17, 15) is 4.79 Å². The number of furan rings is 1. The summed E-state index contributed by atoms with van der Waals surface area (Å²) >= 11 is 0. The molecule has 23 heavy (non-hydrogen) atoms. The van der Waals surface area contributed by atoms with E-state index in [4.69, 9.17) is 4.42 Å². The van der Waals surface area contributed by atoms with Gasteiger partial charge in [-0.1, -0.05) is 0 Å². The molecule has 0 aromatic carbocycles. The van der Waals surface area contributed by atoms with Crippen molar-refractivity contribution in [2.45, 2.75) is 25.8 Å². The topological polar surface area (TPSA) is 73.0 Å². The second-order valence-corrected chi connectivity index (χ2v) is 5.37. The van der Waals surface area contributed by atoms with Crippen molar-refractivity contribution in [3.05, 3.63) is 66.8 Å². The zero-order chi connectivity index (χ0) is 16.1. The van der Waals surface area contributed by atoms with E-state index in [-0.39, 0.29) is 11.9 Å². The molecule has 0 aliphatic rings. The van der Waals surface area contributed by atoms with Gasteiger partial charge in [0.1, 0.15) is 17.9 Å². The summed E-state index contributed by atoms with van der Waals surface area (Å²) in [6.07, 6.45) is 10.0. The van der Waals surface area contributed by atoms with Crippen LogP contribution in [0.3, 0.4) is 0 Å². The molecule has 0 bridgehead atoms. The van der Waals surface area contributed by atoms with Crippen molar-refractivity contribution in [3.63, 3.8) is 0 Å². The maximum Gasteiger partial charge on any atom is 0.251 e. The highest BCUT2D eigenvalue weighted by Gasteiger charge is 2.11. The van der Waals surface area contributed by atoms with Gasteiger partial charge < -0.3 is 9.73 Å². The lowest BCUT2D eigenvalue weighted by atomic mass is 10.1. The number of nitrogens with one attached hydrogen (secondary N) is 1. The third kappa shape index (κ3) is 3.85. The number of aromatic nitrogens is 3. The van der Waals surface area contributed by atoms with Gasteiger partial charge in [-0.2, -0.15) is 0 Å². The van der Waals surface area contributed by atoms with Crippen LogP contribution in [0.15, 0.2) is 59.9 Å². The van der Waals surface area contributed by atoms with Crippen LogP contribution in [0.4, 0.5) is 0 Å². The molecular formula is C17H18N4O2. The van der Waals surface area contributed by atoms with E-state index in [1.165, 1.54) is 0 Å². The fourth-order valence-electron chi connectivity index (χ4n) is 2.29. The Balaban J connectivity index is 1.60. The Morgan fingerprint density at radius 3 is 3.04 bits per heavy atom. The summed E-state index contributed by atoms with van der Waals surface area (Å²) in [6, 6.07) is 7.31. The molecule has 0 aliphatic carbocycles. The van der Waals surface area contributed by atoms with Gasteiger partial charge in [-0.25, -0.2) is 9.97 Å². The minimum atomic E-state index is -0.110. The van der Waals surface area contributed by atoms with E-state index < -0.39 is 0 Å². The standard InChI is InChI=1S/C17H18N4O2/c1-13(4-5-15-3-2-10-23-15)20-17(22)14-6-7-19-16(11-14)21-9-8-18-12-21/h2-3,6-13H,4-5H2,1H3,(H,20,22)/t13-/m1/s1. The molecule has 0 saturated heterocycles. The van der Waals surface area contributed by atoms with Crippen LogP contribution in [0.2, 0.25) is 0 Å². The molecule has 1 atom stereocenters. The van der Waals surface area contributed by atoms with Gasteiger partial charge >= 0.3 is 0 Å². The van der Waals surface area contributed by atoms with Crippen molar-refractivity contribution in [2.75, 3.05) is 0 Å². The Bertz CT molecular complexity index is 751. The lowest BCUT2D eigenvalue weighted by Crippen LogP contribution is -2.33. The highest BCUT2D eigenvalue weighted by Crippen LogP contribution is 2.09. The molecule has 0 radical (unpaired) electrons. The number of carbonyl (C=O) groups is 1. The monoisotopic (exact) mass is 310 g/mol. The first kappa shape index (κ1) is 15.0. The van der Waals surface area contributed by atoms with Crippen LogP contribution in [0.25, 0.3) is 5.82 Å². The molecule has 118 valence electrons. The summed E-state index contributed by atoms with van der Waals surface area (Å²) in [4.78, 5) is 20.6. The first-order valence-electron chi connectivity index (χ1n) is 7.50. The van der Waals surface area contributed by atoms with Crippen molar-refractivity contribution in [1.29, 1.82) is 0 Å². The number of imidazole rings is 1. The number of pyridine rings is 1. The molecule has 3 heterocycles. The van der Waals surface area contributed by atoms with E-state index in [2.05, 4.69) is 15.3 Å². The van der Waals surface area contributed by atoms with Gasteiger partial charge in [0.25, 0.3) is 5.91 Å². The lowest BCUT2D eigenvalue weighted by molar-refractivity contribution is 0.0938. The predicted octanol–water partition coefficient (Wildman–Crippen LogP) is 2.61. The van der Waals surface area contributed by atoms with Crippen molar-refractivity contribution in [2.24, 2.45) is 0 Å². The molecule has 1 amide bonds. The fraction of sp³-hybridized carbons (Fsp3) is 0.235. The lowest BCUT2D eigenvalue weighted by Gasteiger charge is -2.13. The number of amides is 1. The number of hydrogen-bond acceptors (Lipinski definition) is 4. The summed E-state index contributed by atoms with van der Waals surface area (Å²) in [7, 11) is 0. The van der Waals surface area contributed by atoms with Gasteiger partial charge in [-0.15, -0.1) is 0 Å². The summed E-state index contributed by atoms with van der Waals surface area (Å²) in [6.45, 7) is 1.98. The third-order valence-electron chi connectivity index (χ3n) is 3.56. The molecule has 6 heteroatoms. The summed E-state index contributed by atoms with van der Waals surface area (Å²) in [5.74, 6) is 1.48. The molecule has 3 aromatic rings. The average Bonchev–Trinajstić information content (AvgIpc) is 3.26. The van der Waals surface area contributed by atoms with Crippen LogP contribution in [0.1, 0.15) is 29.5 Å². The highest BCUT2D eigenvalue weighted by molar-refractivity contribution is 5.94. The first-order valence-corrected chi connectivity index (χ1v) is 7.50. The Labute approximate surface area is 134 Å². The van der Waals surface area contributed by atoms with E-state index in [1.54, 1.807) is 47.9 Å². The Kier molecular flexibility index (Phi) is 4.52. The highest BCUT2D eigenvalue weighted by atomic mass is 16.3. The molecule has 6 nitrogen and oxygen atoms in total.